The molecule has 0 aromatic heterocycles. The molecule has 0 radical (unpaired) electrons. The van der Waals surface area contributed by atoms with Crippen LogP contribution in [-0.4, -0.2) is 58.9 Å². The minimum Gasteiger partial charge on any atom is -0.390 e. The summed E-state index contributed by atoms with van der Waals surface area (Å²) in [5.74, 6) is -0.279. The van der Waals surface area contributed by atoms with Gasteiger partial charge in [-0.1, -0.05) is 0 Å². The third kappa shape index (κ3) is 4.15. The van der Waals surface area contributed by atoms with Gasteiger partial charge in [0.15, 0.2) is 0 Å². The zero-order valence-corrected chi connectivity index (χ0v) is 9.36. The molecule has 1 saturated heterocycles. The van der Waals surface area contributed by atoms with Gasteiger partial charge in [-0.15, -0.1) is 0 Å². The van der Waals surface area contributed by atoms with E-state index in [-0.39, 0.29) is 12.3 Å². The fourth-order valence-corrected chi connectivity index (χ4v) is 1.66. The molecular formula is C10H20N2O3. The second kappa shape index (κ2) is 4.92. The summed E-state index contributed by atoms with van der Waals surface area (Å²) < 4.78 is 0. The van der Waals surface area contributed by atoms with Crippen molar-refractivity contribution >= 4 is 5.91 Å². The van der Waals surface area contributed by atoms with Crippen LogP contribution in [0, 0.1) is 0 Å². The largest absolute Gasteiger partial charge is 0.390 e. The second-order valence-corrected chi connectivity index (χ2v) is 4.61. The van der Waals surface area contributed by atoms with Crippen molar-refractivity contribution < 1.29 is 15.0 Å². The molecule has 0 aromatic rings. The van der Waals surface area contributed by atoms with E-state index >= 15 is 0 Å². The van der Waals surface area contributed by atoms with Crippen molar-refractivity contribution in [1.82, 2.24) is 10.2 Å². The SMILES string of the molecule is CC(C)(O)C[C@@H](O)C(=O)N1CCNCC1. The molecule has 5 heteroatoms. The first-order chi connectivity index (χ1) is 6.90. The normalized spacial score (nSPS) is 20.1. The maximum absolute atomic E-state index is 11.7. The van der Waals surface area contributed by atoms with E-state index in [2.05, 4.69) is 5.32 Å². The number of rotatable bonds is 3. The van der Waals surface area contributed by atoms with Crippen LogP contribution >= 0.6 is 0 Å². The number of aliphatic hydroxyl groups excluding tert-OH is 1. The number of carbonyl (C=O) groups excluding carboxylic acids is 1. The van der Waals surface area contributed by atoms with E-state index in [1.807, 2.05) is 0 Å². The van der Waals surface area contributed by atoms with Crippen molar-refractivity contribution in [3.8, 4) is 0 Å². The van der Waals surface area contributed by atoms with E-state index in [0.29, 0.717) is 13.1 Å². The Balaban J connectivity index is 2.44. The van der Waals surface area contributed by atoms with Gasteiger partial charge in [0.2, 0.25) is 0 Å². The van der Waals surface area contributed by atoms with Gasteiger partial charge in [-0.2, -0.15) is 0 Å². The average molecular weight is 216 g/mol. The lowest BCUT2D eigenvalue weighted by Gasteiger charge is -2.30. The Morgan fingerprint density at radius 3 is 2.47 bits per heavy atom. The summed E-state index contributed by atoms with van der Waals surface area (Å²) in [6, 6.07) is 0. The zero-order chi connectivity index (χ0) is 11.5. The highest BCUT2D eigenvalue weighted by molar-refractivity contribution is 5.80. The molecule has 0 aliphatic carbocycles. The molecule has 1 heterocycles. The minimum absolute atomic E-state index is 0.0791. The third-order valence-electron chi connectivity index (χ3n) is 2.41. The van der Waals surface area contributed by atoms with E-state index in [0.717, 1.165) is 13.1 Å². The Morgan fingerprint density at radius 1 is 1.47 bits per heavy atom. The van der Waals surface area contributed by atoms with Crippen molar-refractivity contribution in [2.45, 2.75) is 32.0 Å². The molecule has 5 nitrogen and oxygen atoms in total. The molecule has 1 aliphatic rings. The molecule has 1 fully saturated rings. The van der Waals surface area contributed by atoms with E-state index < -0.39 is 11.7 Å². The van der Waals surface area contributed by atoms with Gasteiger partial charge in [0.25, 0.3) is 5.91 Å². The number of aliphatic hydroxyl groups is 2. The molecule has 1 aliphatic heterocycles. The first-order valence-corrected chi connectivity index (χ1v) is 5.30. The highest BCUT2D eigenvalue weighted by atomic mass is 16.3. The third-order valence-corrected chi connectivity index (χ3v) is 2.41. The fourth-order valence-electron chi connectivity index (χ4n) is 1.66. The van der Waals surface area contributed by atoms with Crippen LogP contribution in [0.5, 0.6) is 0 Å². The summed E-state index contributed by atoms with van der Waals surface area (Å²) in [7, 11) is 0. The Bertz CT molecular complexity index is 219. The van der Waals surface area contributed by atoms with Crippen molar-refractivity contribution in [2.24, 2.45) is 0 Å². The van der Waals surface area contributed by atoms with Crippen molar-refractivity contribution in [1.29, 1.82) is 0 Å². The molecular weight excluding hydrogens is 196 g/mol. The van der Waals surface area contributed by atoms with Crippen molar-refractivity contribution in [3.05, 3.63) is 0 Å². The van der Waals surface area contributed by atoms with Gasteiger partial charge in [-0.05, 0) is 13.8 Å². The first kappa shape index (κ1) is 12.4. The molecule has 3 N–H and O–H groups in total. The van der Waals surface area contributed by atoms with E-state index in [4.69, 9.17) is 0 Å². The Hall–Kier alpha value is -0.650. The van der Waals surface area contributed by atoms with E-state index in [1.165, 1.54) is 0 Å². The molecule has 88 valence electrons. The van der Waals surface area contributed by atoms with Gasteiger partial charge in [-0.25, -0.2) is 0 Å². The first-order valence-electron chi connectivity index (χ1n) is 5.30. The monoisotopic (exact) mass is 216 g/mol. The van der Waals surface area contributed by atoms with Gasteiger partial charge in [0.1, 0.15) is 6.10 Å². The summed E-state index contributed by atoms with van der Waals surface area (Å²) >= 11 is 0. The molecule has 1 amide bonds. The van der Waals surface area contributed by atoms with Crippen LogP contribution < -0.4 is 5.32 Å². The van der Waals surface area contributed by atoms with Crippen molar-refractivity contribution in [3.63, 3.8) is 0 Å². The quantitative estimate of drug-likeness (QED) is 0.562. The van der Waals surface area contributed by atoms with Gasteiger partial charge in [-0.3, -0.25) is 4.79 Å². The molecule has 1 atom stereocenters. The number of amides is 1. The standard InChI is InChI=1S/C10H20N2O3/c1-10(2,15)7-8(13)9(14)12-5-3-11-4-6-12/h8,11,13,15H,3-7H2,1-2H3/t8-/m1/s1. The lowest BCUT2D eigenvalue weighted by Crippen LogP contribution is -2.50. The van der Waals surface area contributed by atoms with Crippen LogP contribution in [-0.2, 0) is 4.79 Å². The van der Waals surface area contributed by atoms with Crippen LogP contribution in [0.1, 0.15) is 20.3 Å². The fraction of sp³-hybridized carbons (Fsp3) is 0.900. The topological polar surface area (TPSA) is 72.8 Å². The predicted octanol–water partition coefficient (Wildman–Crippen LogP) is -1.06. The molecule has 0 spiro atoms. The summed E-state index contributed by atoms with van der Waals surface area (Å²) in [6.45, 7) is 5.95. The summed E-state index contributed by atoms with van der Waals surface area (Å²) in [4.78, 5) is 13.3. The van der Waals surface area contributed by atoms with Crippen LogP contribution in [0.4, 0.5) is 0 Å². The van der Waals surface area contributed by atoms with Gasteiger partial charge < -0.3 is 20.4 Å². The molecule has 15 heavy (non-hydrogen) atoms. The Morgan fingerprint density at radius 2 is 2.00 bits per heavy atom. The highest BCUT2D eigenvalue weighted by Crippen LogP contribution is 2.12. The molecule has 1 rings (SSSR count). The maximum Gasteiger partial charge on any atom is 0.251 e. The summed E-state index contributed by atoms with van der Waals surface area (Å²) in [6.07, 6.45) is -1.02. The number of nitrogens with one attached hydrogen (secondary N) is 1. The van der Waals surface area contributed by atoms with Gasteiger partial charge >= 0.3 is 0 Å². The summed E-state index contributed by atoms with van der Waals surface area (Å²) in [5, 5.41) is 22.3. The minimum atomic E-state index is -1.09. The average Bonchev–Trinajstić information content (AvgIpc) is 2.15. The highest BCUT2D eigenvalue weighted by Gasteiger charge is 2.28. The summed E-state index contributed by atoms with van der Waals surface area (Å²) in [5.41, 5.74) is -1.01. The van der Waals surface area contributed by atoms with Crippen LogP contribution in [0.2, 0.25) is 0 Å². The number of hydrogen-bond donors (Lipinski definition) is 3. The smallest absolute Gasteiger partial charge is 0.251 e. The van der Waals surface area contributed by atoms with Gasteiger partial charge in [0, 0.05) is 32.6 Å². The number of piperazine rings is 1. The van der Waals surface area contributed by atoms with Crippen molar-refractivity contribution in [2.75, 3.05) is 26.2 Å². The number of hydrogen-bond acceptors (Lipinski definition) is 4. The van der Waals surface area contributed by atoms with Crippen LogP contribution in [0.3, 0.4) is 0 Å². The number of carbonyl (C=O) groups is 1. The molecule has 0 saturated carbocycles. The Kier molecular flexibility index (Phi) is 4.07. The molecule has 0 aromatic carbocycles. The number of nitrogens with zero attached hydrogens (tertiary/aromatic N) is 1. The predicted molar refractivity (Wildman–Crippen MR) is 56.4 cm³/mol. The lowest BCUT2D eigenvalue weighted by atomic mass is 10.0. The molecule has 0 bridgehead atoms. The molecule has 0 unspecified atom stereocenters. The van der Waals surface area contributed by atoms with Crippen LogP contribution in [0.25, 0.3) is 0 Å². The van der Waals surface area contributed by atoms with E-state index in [9.17, 15) is 15.0 Å². The zero-order valence-electron chi connectivity index (χ0n) is 9.36. The second-order valence-electron chi connectivity index (χ2n) is 4.61. The maximum atomic E-state index is 11.7. The van der Waals surface area contributed by atoms with Gasteiger partial charge in [0.05, 0.1) is 5.60 Å². The van der Waals surface area contributed by atoms with E-state index in [1.54, 1.807) is 18.7 Å². The Labute approximate surface area is 90.1 Å². The lowest BCUT2D eigenvalue weighted by molar-refractivity contribution is -0.143. The van der Waals surface area contributed by atoms with Crippen LogP contribution in [0.15, 0.2) is 0 Å².